The van der Waals surface area contributed by atoms with E-state index in [0.717, 1.165) is 10.9 Å². The molecule has 1 amide bonds. The molecule has 2 heterocycles. The number of primary amides is 1. The van der Waals surface area contributed by atoms with Gasteiger partial charge >= 0.3 is 12.1 Å². The van der Waals surface area contributed by atoms with Crippen LogP contribution in [0.25, 0.3) is 5.82 Å². The lowest BCUT2D eigenvalue weighted by Crippen LogP contribution is -2.35. The summed E-state index contributed by atoms with van der Waals surface area (Å²) < 4.78 is 47.6. The van der Waals surface area contributed by atoms with Crippen LogP contribution < -0.4 is 16.8 Å². The highest BCUT2D eigenvalue weighted by Gasteiger charge is 2.45. The first kappa shape index (κ1) is 25.5. The molecule has 36 heavy (non-hydrogen) atoms. The normalized spacial score (nSPS) is 21.2. The maximum atomic E-state index is 13.8. The molecule has 0 radical (unpaired) electrons. The van der Waals surface area contributed by atoms with Crippen LogP contribution >= 0.6 is 0 Å². The van der Waals surface area contributed by atoms with E-state index >= 15 is 0 Å². The van der Waals surface area contributed by atoms with Crippen LogP contribution in [0, 0.1) is 5.41 Å². The Morgan fingerprint density at radius 3 is 2.64 bits per heavy atom. The summed E-state index contributed by atoms with van der Waals surface area (Å²) >= 11 is 0. The van der Waals surface area contributed by atoms with Gasteiger partial charge in [0.05, 0.1) is 30.0 Å². The molecule has 2 aromatic heterocycles. The van der Waals surface area contributed by atoms with Crippen LogP contribution in [-0.2, 0) is 22.1 Å². The standard InChI is InChI=1S/C22H26F3N7O4/c1-21(2)6-11-16(12(33)7-21)18(22(23,24)25)31-32(11)14-9-28-17(19(27)35)20(30-14)29-10-4-3-5-13(10)36-15(34)8-26/h9-10,13H,3-8,26H2,1-2H3,(H2,27,35)(H,29,30). The van der Waals surface area contributed by atoms with Crippen LogP contribution in [0.15, 0.2) is 6.20 Å². The summed E-state index contributed by atoms with van der Waals surface area (Å²) in [5, 5.41) is 6.70. The molecule has 0 aromatic carbocycles. The second-order valence-corrected chi connectivity index (χ2v) is 9.72. The molecule has 0 bridgehead atoms. The number of hydrogen-bond donors (Lipinski definition) is 3. The third-order valence-electron chi connectivity index (χ3n) is 6.25. The Bertz CT molecular complexity index is 1220. The lowest BCUT2D eigenvalue weighted by Gasteiger charge is -2.29. The number of carbonyl (C=O) groups is 3. The van der Waals surface area contributed by atoms with E-state index in [1.54, 1.807) is 13.8 Å². The molecule has 2 unspecified atom stereocenters. The summed E-state index contributed by atoms with van der Waals surface area (Å²) in [7, 11) is 0. The molecule has 4 rings (SSSR count). The molecule has 5 N–H and O–H groups in total. The molecule has 11 nitrogen and oxygen atoms in total. The Hall–Kier alpha value is -3.55. The number of esters is 1. The lowest BCUT2D eigenvalue weighted by atomic mass is 9.75. The number of halogens is 3. The summed E-state index contributed by atoms with van der Waals surface area (Å²) in [5.41, 5.74) is 8.20. The smallest absolute Gasteiger partial charge is 0.435 e. The van der Waals surface area contributed by atoms with Gasteiger partial charge in [0.1, 0.15) is 6.10 Å². The van der Waals surface area contributed by atoms with Crippen molar-refractivity contribution in [2.24, 2.45) is 16.9 Å². The topological polar surface area (TPSA) is 168 Å². The van der Waals surface area contributed by atoms with Crippen LogP contribution in [0.4, 0.5) is 19.0 Å². The minimum Gasteiger partial charge on any atom is -0.459 e. The fourth-order valence-corrected chi connectivity index (χ4v) is 4.72. The molecule has 2 aliphatic rings. The highest BCUT2D eigenvalue weighted by molar-refractivity contribution is 6.00. The van der Waals surface area contributed by atoms with Crippen molar-refractivity contribution in [3.05, 3.63) is 28.8 Å². The molecule has 2 atom stereocenters. The SMILES string of the molecule is CC1(C)CC(=O)c2c(C(F)(F)F)nn(-c3cnc(C(N)=O)c(NC4CCCC4OC(=O)CN)n3)c2C1. The Morgan fingerprint density at radius 1 is 1.28 bits per heavy atom. The van der Waals surface area contributed by atoms with Crippen LogP contribution in [0.3, 0.4) is 0 Å². The molecule has 2 aliphatic carbocycles. The molecule has 14 heteroatoms. The maximum Gasteiger partial charge on any atom is 0.435 e. The van der Waals surface area contributed by atoms with Crippen molar-refractivity contribution in [3.8, 4) is 5.82 Å². The van der Waals surface area contributed by atoms with Crippen molar-refractivity contribution < 1.29 is 32.3 Å². The summed E-state index contributed by atoms with van der Waals surface area (Å²) in [6.45, 7) is 3.25. The number of rotatable bonds is 6. The highest BCUT2D eigenvalue weighted by atomic mass is 19.4. The number of hydrogen-bond acceptors (Lipinski definition) is 9. The number of nitrogens with two attached hydrogens (primary N) is 2. The molecule has 0 spiro atoms. The monoisotopic (exact) mass is 509 g/mol. The van der Waals surface area contributed by atoms with E-state index in [9.17, 15) is 27.6 Å². The van der Waals surface area contributed by atoms with Gasteiger partial charge in [0, 0.05) is 6.42 Å². The van der Waals surface area contributed by atoms with Crippen molar-refractivity contribution in [1.29, 1.82) is 0 Å². The number of nitrogens with zero attached hydrogens (tertiary/aromatic N) is 4. The predicted octanol–water partition coefficient (Wildman–Crippen LogP) is 1.77. The number of ketones is 1. The Kier molecular flexibility index (Phi) is 6.49. The number of fused-ring (bicyclic) bond motifs is 1. The molecule has 0 aliphatic heterocycles. The van der Waals surface area contributed by atoms with Gasteiger partial charge in [0.25, 0.3) is 5.91 Å². The predicted molar refractivity (Wildman–Crippen MR) is 119 cm³/mol. The summed E-state index contributed by atoms with van der Waals surface area (Å²) in [6, 6.07) is -0.457. The number of ether oxygens (including phenoxy) is 1. The third kappa shape index (κ3) is 4.90. The van der Waals surface area contributed by atoms with Gasteiger partial charge in [0.2, 0.25) is 0 Å². The van der Waals surface area contributed by atoms with E-state index in [1.807, 2.05) is 0 Å². The van der Waals surface area contributed by atoms with Gasteiger partial charge in [-0.05, 0) is 31.1 Å². The van der Waals surface area contributed by atoms with Gasteiger partial charge in [-0.1, -0.05) is 13.8 Å². The quantitative estimate of drug-likeness (QED) is 0.491. The van der Waals surface area contributed by atoms with Crippen molar-refractivity contribution in [2.75, 3.05) is 11.9 Å². The van der Waals surface area contributed by atoms with E-state index in [2.05, 4.69) is 20.4 Å². The fourth-order valence-electron chi connectivity index (χ4n) is 4.72. The first-order valence-electron chi connectivity index (χ1n) is 11.4. The zero-order valence-corrected chi connectivity index (χ0v) is 19.7. The Balaban J connectivity index is 1.78. The summed E-state index contributed by atoms with van der Waals surface area (Å²) in [6.07, 6.45) is -2.45. The van der Waals surface area contributed by atoms with Crippen molar-refractivity contribution in [1.82, 2.24) is 19.7 Å². The molecule has 0 saturated heterocycles. The Labute approximate surface area is 203 Å². The average molecular weight is 509 g/mol. The summed E-state index contributed by atoms with van der Waals surface area (Å²) in [4.78, 5) is 44.7. The molecule has 2 aromatic rings. The molecule has 1 fully saturated rings. The number of Topliss-reactive ketones (excluding diaryl/α,β-unsaturated/α-hetero) is 1. The second-order valence-electron chi connectivity index (χ2n) is 9.72. The number of amides is 1. The number of carbonyl (C=O) groups excluding carboxylic acids is 3. The first-order chi connectivity index (χ1) is 16.8. The zero-order chi connectivity index (χ0) is 26.4. The minimum absolute atomic E-state index is 0.0571. The zero-order valence-electron chi connectivity index (χ0n) is 19.7. The van der Waals surface area contributed by atoms with Crippen molar-refractivity contribution >= 4 is 23.5 Å². The molecule has 1 saturated carbocycles. The van der Waals surface area contributed by atoms with Gasteiger partial charge in [-0.15, -0.1) is 0 Å². The number of alkyl halides is 3. The third-order valence-corrected chi connectivity index (χ3v) is 6.25. The molecule has 194 valence electrons. The van der Waals surface area contributed by atoms with E-state index in [4.69, 9.17) is 16.2 Å². The number of anilines is 1. The lowest BCUT2D eigenvalue weighted by molar-refractivity contribution is -0.147. The maximum absolute atomic E-state index is 13.8. The second kappa shape index (κ2) is 9.15. The number of aromatic nitrogens is 4. The Morgan fingerprint density at radius 2 is 2.00 bits per heavy atom. The van der Waals surface area contributed by atoms with Gasteiger partial charge < -0.3 is 21.5 Å². The van der Waals surface area contributed by atoms with Crippen LogP contribution in [0.5, 0.6) is 0 Å². The van der Waals surface area contributed by atoms with Gasteiger partial charge in [-0.2, -0.15) is 18.3 Å². The van der Waals surface area contributed by atoms with Crippen molar-refractivity contribution in [3.63, 3.8) is 0 Å². The highest BCUT2D eigenvalue weighted by Crippen LogP contribution is 2.41. The van der Waals surface area contributed by atoms with Gasteiger partial charge in [-0.3, -0.25) is 14.4 Å². The van der Waals surface area contributed by atoms with Gasteiger partial charge in [0.15, 0.2) is 28.8 Å². The summed E-state index contributed by atoms with van der Waals surface area (Å²) in [5.74, 6) is -2.40. The van der Waals surface area contributed by atoms with Crippen molar-refractivity contribution in [2.45, 2.75) is 64.3 Å². The minimum atomic E-state index is -4.86. The first-order valence-corrected chi connectivity index (χ1v) is 11.4. The number of nitrogens with one attached hydrogen (secondary N) is 1. The van der Waals surface area contributed by atoms with Crippen LogP contribution in [0.1, 0.15) is 71.8 Å². The fraction of sp³-hybridized carbons (Fsp3) is 0.545. The van der Waals surface area contributed by atoms with E-state index in [-0.39, 0.29) is 42.4 Å². The largest absolute Gasteiger partial charge is 0.459 e. The average Bonchev–Trinajstić information content (AvgIpc) is 3.37. The molecular formula is C22H26F3N7O4. The van der Waals surface area contributed by atoms with Crippen LogP contribution in [-0.4, -0.2) is 56.1 Å². The van der Waals surface area contributed by atoms with E-state index in [1.165, 1.54) is 0 Å². The molecular weight excluding hydrogens is 483 g/mol. The van der Waals surface area contributed by atoms with Gasteiger partial charge in [-0.25, -0.2) is 14.6 Å². The van der Waals surface area contributed by atoms with Crippen LogP contribution in [0.2, 0.25) is 0 Å². The van der Waals surface area contributed by atoms with E-state index in [0.29, 0.717) is 19.3 Å². The van der Waals surface area contributed by atoms with E-state index < -0.39 is 52.7 Å².